The molecule has 0 aromatic carbocycles. The van der Waals surface area contributed by atoms with Crippen molar-refractivity contribution in [3.8, 4) is 0 Å². The Hall–Kier alpha value is -1.00. The van der Waals surface area contributed by atoms with E-state index in [4.69, 9.17) is 5.11 Å². The van der Waals surface area contributed by atoms with Gasteiger partial charge in [-0.15, -0.1) is 0 Å². The first kappa shape index (κ1) is 12.1. The van der Waals surface area contributed by atoms with Gasteiger partial charge >= 0.3 is 0 Å². The third-order valence-corrected chi connectivity index (χ3v) is 2.18. The van der Waals surface area contributed by atoms with Gasteiger partial charge in [0.05, 0.1) is 18.0 Å². The number of halogens is 1. The van der Waals surface area contributed by atoms with Crippen LogP contribution in [0.2, 0.25) is 0 Å². The van der Waals surface area contributed by atoms with Crippen LogP contribution in [0.1, 0.15) is 32.0 Å². The molecule has 15 heavy (non-hydrogen) atoms. The number of pyridine rings is 1. The average Bonchev–Trinajstić information content (AvgIpc) is 2.21. The summed E-state index contributed by atoms with van der Waals surface area (Å²) in [5, 5.41) is 12.3. The molecule has 0 bridgehead atoms. The number of aliphatic hydroxyl groups is 1. The van der Waals surface area contributed by atoms with Gasteiger partial charge in [0.25, 0.3) is 0 Å². The molecule has 1 aromatic heterocycles. The SMILES string of the molecule is CCC(NCC(C)O)c1ccc(F)cn1. The van der Waals surface area contributed by atoms with Gasteiger partial charge in [0.15, 0.2) is 0 Å². The molecule has 0 amide bonds. The summed E-state index contributed by atoms with van der Waals surface area (Å²) < 4.78 is 12.6. The number of aromatic nitrogens is 1. The molecule has 0 aliphatic rings. The lowest BCUT2D eigenvalue weighted by molar-refractivity contribution is 0.185. The molecule has 84 valence electrons. The molecule has 4 heteroatoms. The lowest BCUT2D eigenvalue weighted by Crippen LogP contribution is -2.28. The topological polar surface area (TPSA) is 45.1 Å². The number of hydrogen-bond donors (Lipinski definition) is 2. The third kappa shape index (κ3) is 3.93. The van der Waals surface area contributed by atoms with Crippen LogP contribution in [0.25, 0.3) is 0 Å². The zero-order valence-electron chi connectivity index (χ0n) is 9.07. The number of aliphatic hydroxyl groups excluding tert-OH is 1. The largest absolute Gasteiger partial charge is 0.392 e. The van der Waals surface area contributed by atoms with Gasteiger partial charge in [-0.25, -0.2) is 4.39 Å². The van der Waals surface area contributed by atoms with Crippen LogP contribution in [0.15, 0.2) is 18.3 Å². The predicted octanol–water partition coefficient (Wildman–Crippen LogP) is 1.64. The molecule has 1 aromatic rings. The summed E-state index contributed by atoms with van der Waals surface area (Å²) in [5.41, 5.74) is 0.805. The van der Waals surface area contributed by atoms with E-state index in [1.165, 1.54) is 12.3 Å². The van der Waals surface area contributed by atoms with Gasteiger partial charge in [-0.1, -0.05) is 6.92 Å². The maximum absolute atomic E-state index is 12.6. The lowest BCUT2D eigenvalue weighted by Gasteiger charge is -2.17. The van der Waals surface area contributed by atoms with Crippen LogP contribution in [-0.4, -0.2) is 22.7 Å². The zero-order valence-corrected chi connectivity index (χ0v) is 9.07. The van der Waals surface area contributed by atoms with E-state index < -0.39 is 0 Å². The van der Waals surface area contributed by atoms with Crippen LogP contribution in [-0.2, 0) is 0 Å². The van der Waals surface area contributed by atoms with Crippen LogP contribution < -0.4 is 5.32 Å². The summed E-state index contributed by atoms with van der Waals surface area (Å²) in [7, 11) is 0. The first-order valence-corrected chi connectivity index (χ1v) is 5.16. The molecule has 2 atom stereocenters. The maximum Gasteiger partial charge on any atom is 0.141 e. The van der Waals surface area contributed by atoms with Crippen molar-refractivity contribution in [1.82, 2.24) is 10.3 Å². The minimum absolute atomic E-state index is 0.0696. The van der Waals surface area contributed by atoms with Gasteiger partial charge in [-0.2, -0.15) is 0 Å². The molecule has 0 radical (unpaired) electrons. The molecule has 0 aliphatic heterocycles. The molecule has 0 fully saturated rings. The van der Waals surface area contributed by atoms with Crippen molar-refractivity contribution < 1.29 is 9.50 Å². The zero-order chi connectivity index (χ0) is 11.3. The monoisotopic (exact) mass is 212 g/mol. The van der Waals surface area contributed by atoms with Crippen molar-refractivity contribution in [3.05, 3.63) is 29.8 Å². The maximum atomic E-state index is 12.6. The quantitative estimate of drug-likeness (QED) is 0.780. The van der Waals surface area contributed by atoms with Crippen molar-refractivity contribution in [2.75, 3.05) is 6.54 Å². The molecular weight excluding hydrogens is 195 g/mol. The normalized spacial score (nSPS) is 14.9. The van der Waals surface area contributed by atoms with E-state index in [1.54, 1.807) is 13.0 Å². The lowest BCUT2D eigenvalue weighted by atomic mass is 10.1. The number of nitrogens with one attached hydrogen (secondary N) is 1. The summed E-state index contributed by atoms with van der Waals surface area (Å²) >= 11 is 0. The fourth-order valence-electron chi connectivity index (χ4n) is 1.36. The number of rotatable bonds is 5. The Morgan fingerprint density at radius 3 is 2.73 bits per heavy atom. The van der Waals surface area contributed by atoms with Crippen LogP contribution in [0.5, 0.6) is 0 Å². The Morgan fingerprint density at radius 1 is 1.53 bits per heavy atom. The van der Waals surface area contributed by atoms with Crippen LogP contribution in [0.3, 0.4) is 0 Å². The molecule has 0 saturated carbocycles. The van der Waals surface area contributed by atoms with E-state index in [2.05, 4.69) is 10.3 Å². The molecule has 3 nitrogen and oxygen atoms in total. The molecule has 2 N–H and O–H groups in total. The molecule has 2 unspecified atom stereocenters. The summed E-state index contributed by atoms with van der Waals surface area (Å²) in [6.45, 7) is 4.25. The molecule has 1 rings (SSSR count). The molecular formula is C11H17FN2O. The van der Waals surface area contributed by atoms with Crippen LogP contribution >= 0.6 is 0 Å². The number of hydrogen-bond acceptors (Lipinski definition) is 3. The van der Waals surface area contributed by atoms with E-state index in [0.29, 0.717) is 6.54 Å². The van der Waals surface area contributed by atoms with Gasteiger partial charge in [0.1, 0.15) is 5.82 Å². The molecule has 0 saturated heterocycles. The highest BCUT2D eigenvalue weighted by molar-refractivity contribution is 5.09. The molecule has 0 aliphatic carbocycles. The second-order valence-corrected chi connectivity index (χ2v) is 3.62. The Balaban J connectivity index is 2.61. The highest BCUT2D eigenvalue weighted by Crippen LogP contribution is 2.13. The van der Waals surface area contributed by atoms with Gasteiger partial charge < -0.3 is 10.4 Å². The van der Waals surface area contributed by atoms with E-state index in [0.717, 1.165) is 12.1 Å². The van der Waals surface area contributed by atoms with Crippen LogP contribution in [0.4, 0.5) is 4.39 Å². The Morgan fingerprint density at radius 2 is 2.27 bits per heavy atom. The smallest absolute Gasteiger partial charge is 0.141 e. The van der Waals surface area contributed by atoms with E-state index in [-0.39, 0.29) is 18.0 Å². The van der Waals surface area contributed by atoms with Crippen molar-refractivity contribution in [1.29, 1.82) is 0 Å². The third-order valence-electron chi connectivity index (χ3n) is 2.18. The fraction of sp³-hybridized carbons (Fsp3) is 0.545. The van der Waals surface area contributed by atoms with E-state index in [9.17, 15) is 4.39 Å². The van der Waals surface area contributed by atoms with Gasteiger partial charge in [0.2, 0.25) is 0 Å². The summed E-state index contributed by atoms with van der Waals surface area (Å²) in [5.74, 6) is -0.330. The van der Waals surface area contributed by atoms with E-state index in [1.807, 2.05) is 6.92 Å². The Labute approximate surface area is 89.4 Å². The average molecular weight is 212 g/mol. The summed E-state index contributed by atoms with van der Waals surface area (Å²) in [4.78, 5) is 4.01. The second-order valence-electron chi connectivity index (χ2n) is 3.62. The van der Waals surface area contributed by atoms with Crippen LogP contribution in [0, 0.1) is 5.82 Å². The summed E-state index contributed by atoms with van der Waals surface area (Å²) in [6.07, 6.45) is 1.67. The van der Waals surface area contributed by atoms with Gasteiger partial charge in [0, 0.05) is 12.6 Å². The van der Waals surface area contributed by atoms with Crippen molar-refractivity contribution >= 4 is 0 Å². The van der Waals surface area contributed by atoms with Gasteiger partial charge in [-0.05, 0) is 25.5 Å². The van der Waals surface area contributed by atoms with E-state index >= 15 is 0 Å². The van der Waals surface area contributed by atoms with Crippen molar-refractivity contribution in [3.63, 3.8) is 0 Å². The summed E-state index contributed by atoms with van der Waals surface area (Å²) in [6, 6.07) is 3.13. The van der Waals surface area contributed by atoms with Crippen molar-refractivity contribution in [2.45, 2.75) is 32.4 Å². The Bertz CT molecular complexity index is 287. The fourth-order valence-corrected chi connectivity index (χ4v) is 1.36. The first-order valence-electron chi connectivity index (χ1n) is 5.16. The Kier molecular flexibility index (Phi) is 4.65. The molecule has 1 heterocycles. The van der Waals surface area contributed by atoms with Gasteiger partial charge in [-0.3, -0.25) is 4.98 Å². The minimum Gasteiger partial charge on any atom is -0.392 e. The standard InChI is InChI=1S/C11H17FN2O/c1-3-10(13-6-8(2)15)11-5-4-9(12)7-14-11/h4-5,7-8,10,13,15H,3,6H2,1-2H3. The minimum atomic E-state index is -0.389. The molecule has 0 spiro atoms. The first-order chi connectivity index (χ1) is 7.13. The van der Waals surface area contributed by atoms with Crippen molar-refractivity contribution in [2.24, 2.45) is 0 Å². The highest BCUT2D eigenvalue weighted by Gasteiger charge is 2.10. The highest BCUT2D eigenvalue weighted by atomic mass is 19.1. The second kappa shape index (κ2) is 5.78. The number of nitrogens with zero attached hydrogens (tertiary/aromatic N) is 1. The predicted molar refractivity (Wildman–Crippen MR) is 56.9 cm³/mol.